The summed E-state index contributed by atoms with van der Waals surface area (Å²) >= 11 is 0. The number of fused-ring (bicyclic) bond motifs is 1. The monoisotopic (exact) mass is 306 g/mol. The van der Waals surface area contributed by atoms with Crippen LogP contribution < -0.4 is 0 Å². The van der Waals surface area contributed by atoms with Gasteiger partial charge in [0.05, 0.1) is 13.2 Å². The molecule has 1 fully saturated rings. The molecule has 2 nitrogen and oxygen atoms in total. The quantitative estimate of drug-likeness (QED) is 0.735. The molecule has 2 heteroatoms. The molecule has 4 atom stereocenters. The Morgan fingerprint density at radius 1 is 1.32 bits per heavy atom. The van der Waals surface area contributed by atoms with Crippen molar-refractivity contribution in [3.8, 4) is 0 Å². The van der Waals surface area contributed by atoms with Gasteiger partial charge in [-0.05, 0) is 73.7 Å². The average molecular weight is 306 g/mol. The van der Waals surface area contributed by atoms with Crippen LogP contribution in [0.3, 0.4) is 0 Å². The van der Waals surface area contributed by atoms with Crippen molar-refractivity contribution in [3.63, 3.8) is 0 Å². The van der Waals surface area contributed by atoms with Gasteiger partial charge in [-0.15, -0.1) is 0 Å². The van der Waals surface area contributed by atoms with Crippen LogP contribution in [0, 0.1) is 22.7 Å². The Bertz CT molecular complexity index is 451. The summed E-state index contributed by atoms with van der Waals surface area (Å²) in [7, 11) is 0. The van der Waals surface area contributed by atoms with E-state index in [1.807, 2.05) is 0 Å². The first-order valence-corrected chi connectivity index (χ1v) is 8.95. The molecule has 0 aromatic heterocycles. The van der Waals surface area contributed by atoms with E-state index in [0.29, 0.717) is 10.8 Å². The van der Waals surface area contributed by atoms with Crippen molar-refractivity contribution in [2.24, 2.45) is 22.7 Å². The lowest BCUT2D eigenvalue weighted by molar-refractivity contribution is -0.0469. The molecule has 0 aromatic rings. The summed E-state index contributed by atoms with van der Waals surface area (Å²) in [5, 5.41) is 18.6. The lowest BCUT2D eigenvalue weighted by Gasteiger charge is -2.58. The molecular weight excluding hydrogens is 272 g/mol. The van der Waals surface area contributed by atoms with Gasteiger partial charge in [-0.2, -0.15) is 0 Å². The van der Waals surface area contributed by atoms with Gasteiger partial charge in [-0.3, -0.25) is 0 Å². The second-order valence-electron chi connectivity index (χ2n) is 8.08. The molecule has 0 saturated heterocycles. The molecule has 4 unspecified atom stereocenters. The van der Waals surface area contributed by atoms with Crippen molar-refractivity contribution in [2.75, 3.05) is 13.2 Å². The molecule has 2 aliphatic rings. The van der Waals surface area contributed by atoms with Gasteiger partial charge in [-0.1, -0.05) is 38.5 Å². The number of aliphatic hydroxyl groups excluding tert-OH is 2. The van der Waals surface area contributed by atoms with Crippen LogP contribution in [0.2, 0.25) is 0 Å². The molecule has 1 saturated carbocycles. The highest BCUT2D eigenvalue weighted by Gasteiger charge is 2.52. The molecule has 22 heavy (non-hydrogen) atoms. The van der Waals surface area contributed by atoms with Crippen molar-refractivity contribution in [3.05, 3.63) is 23.3 Å². The van der Waals surface area contributed by atoms with E-state index < -0.39 is 0 Å². The molecule has 0 heterocycles. The van der Waals surface area contributed by atoms with Crippen molar-refractivity contribution in [1.29, 1.82) is 0 Å². The standard InChI is InChI=1S/C20H34O2/c1-15-6-5-7-18-19(15,3)11-8-16(2)20(18,4)12-9-17(14-22)10-13-21/h6,10,16,18,21-22H,5,7-9,11-14H2,1-4H3. The highest BCUT2D eigenvalue weighted by Crippen LogP contribution is 2.61. The van der Waals surface area contributed by atoms with Crippen LogP contribution in [0.25, 0.3) is 0 Å². The Hall–Kier alpha value is -0.600. The molecular formula is C20H34O2. The number of aliphatic hydroxyl groups is 2. The minimum absolute atomic E-state index is 0.0329. The molecule has 2 N–H and O–H groups in total. The Morgan fingerprint density at radius 3 is 2.68 bits per heavy atom. The Morgan fingerprint density at radius 2 is 2.05 bits per heavy atom. The SMILES string of the molecule is CC1=CCCC2C1(C)CCC(C)C2(C)CCC(=CCO)CO. The Kier molecular flexibility index (Phi) is 5.55. The maximum atomic E-state index is 9.47. The lowest BCUT2D eigenvalue weighted by atomic mass is 9.47. The predicted molar refractivity (Wildman–Crippen MR) is 92.6 cm³/mol. The third-order valence-electron chi connectivity index (χ3n) is 7.16. The van der Waals surface area contributed by atoms with Crippen molar-refractivity contribution in [1.82, 2.24) is 0 Å². The van der Waals surface area contributed by atoms with Gasteiger partial charge in [0.2, 0.25) is 0 Å². The number of hydrogen-bond donors (Lipinski definition) is 2. The summed E-state index contributed by atoms with van der Waals surface area (Å²) in [5.41, 5.74) is 3.27. The van der Waals surface area contributed by atoms with E-state index in [1.165, 1.54) is 25.7 Å². The third-order valence-corrected chi connectivity index (χ3v) is 7.16. The summed E-state index contributed by atoms with van der Waals surface area (Å²) in [6, 6.07) is 0. The van der Waals surface area contributed by atoms with Gasteiger partial charge < -0.3 is 10.2 Å². The third kappa shape index (κ3) is 3.05. The van der Waals surface area contributed by atoms with Gasteiger partial charge in [0.25, 0.3) is 0 Å². The molecule has 126 valence electrons. The minimum Gasteiger partial charge on any atom is -0.392 e. The van der Waals surface area contributed by atoms with Crippen molar-refractivity contribution >= 4 is 0 Å². The fraction of sp³-hybridized carbons (Fsp3) is 0.800. The average Bonchev–Trinajstić information content (AvgIpc) is 2.50. The van der Waals surface area contributed by atoms with E-state index in [1.54, 1.807) is 11.6 Å². The molecule has 0 aromatic carbocycles. The highest BCUT2D eigenvalue weighted by atomic mass is 16.3. The van der Waals surface area contributed by atoms with E-state index in [9.17, 15) is 5.11 Å². The number of rotatable bonds is 5. The summed E-state index contributed by atoms with van der Waals surface area (Å²) in [4.78, 5) is 0. The summed E-state index contributed by atoms with van der Waals surface area (Å²) < 4.78 is 0. The van der Waals surface area contributed by atoms with E-state index in [4.69, 9.17) is 5.11 Å². The van der Waals surface area contributed by atoms with Crippen LogP contribution in [0.15, 0.2) is 23.3 Å². The van der Waals surface area contributed by atoms with Gasteiger partial charge in [-0.25, -0.2) is 0 Å². The number of hydrogen-bond acceptors (Lipinski definition) is 2. The Balaban J connectivity index is 2.22. The summed E-state index contributed by atoms with van der Waals surface area (Å²) in [6.45, 7) is 9.81. The fourth-order valence-corrected chi connectivity index (χ4v) is 5.14. The largest absolute Gasteiger partial charge is 0.392 e. The molecule has 0 radical (unpaired) electrons. The first-order valence-electron chi connectivity index (χ1n) is 8.95. The topological polar surface area (TPSA) is 40.5 Å². The van der Waals surface area contributed by atoms with Crippen LogP contribution in [0.4, 0.5) is 0 Å². The molecule has 0 amide bonds. The fourth-order valence-electron chi connectivity index (χ4n) is 5.14. The zero-order valence-electron chi connectivity index (χ0n) is 14.9. The van der Waals surface area contributed by atoms with Crippen LogP contribution >= 0.6 is 0 Å². The lowest BCUT2D eigenvalue weighted by Crippen LogP contribution is -2.49. The van der Waals surface area contributed by atoms with E-state index in [0.717, 1.165) is 30.3 Å². The first-order chi connectivity index (χ1) is 10.4. The summed E-state index contributed by atoms with van der Waals surface area (Å²) in [6.07, 6.45) is 11.4. The molecule has 2 aliphatic carbocycles. The Labute approximate surface area is 136 Å². The van der Waals surface area contributed by atoms with Crippen LogP contribution in [-0.4, -0.2) is 23.4 Å². The zero-order chi connectivity index (χ0) is 16.4. The van der Waals surface area contributed by atoms with Crippen molar-refractivity contribution < 1.29 is 10.2 Å². The normalized spacial score (nSPS) is 39.4. The maximum absolute atomic E-state index is 9.47. The van der Waals surface area contributed by atoms with Crippen LogP contribution in [-0.2, 0) is 0 Å². The van der Waals surface area contributed by atoms with E-state index in [2.05, 4.69) is 33.8 Å². The van der Waals surface area contributed by atoms with Gasteiger partial charge in [0, 0.05) is 0 Å². The van der Waals surface area contributed by atoms with Gasteiger partial charge in [0.1, 0.15) is 0 Å². The van der Waals surface area contributed by atoms with E-state index in [-0.39, 0.29) is 13.2 Å². The zero-order valence-corrected chi connectivity index (χ0v) is 14.9. The molecule has 0 bridgehead atoms. The van der Waals surface area contributed by atoms with Crippen LogP contribution in [0.1, 0.15) is 66.2 Å². The van der Waals surface area contributed by atoms with E-state index >= 15 is 0 Å². The van der Waals surface area contributed by atoms with Gasteiger partial charge >= 0.3 is 0 Å². The first kappa shape index (κ1) is 17.7. The molecule has 2 rings (SSSR count). The highest BCUT2D eigenvalue weighted by molar-refractivity contribution is 5.21. The number of allylic oxidation sites excluding steroid dienone is 2. The minimum atomic E-state index is 0.0329. The second-order valence-corrected chi connectivity index (χ2v) is 8.08. The van der Waals surface area contributed by atoms with Gasteiger partial charge in [0.15, 0.2) is 0 Å². The van der Waals surface area contributed by atoms with Crippen molar-refractivity contribution in [2.45, 2.75) is 66.2 Å². The maximum Gasteiger partial charge on any atom is 0.0642 e. The molecule has 0 aliphatic heterocycles. The molecule has 0 spiro atoms. The van der Waals surface area contributed by atoms with Crippen LogP contribution in [0.5, 0.6) is 0 Å². The smallest absolute Gasteiger partial charge is 0.0642 e. The predicted octanol–water partition coefficient (Wildman–Crippen LogP) is 4.48. The second kappa shape index (κ2) is 6.88. The summed E-state index contributed by atoms with van der Waals surface area (Å²) in [5.74, 6) is 1.47.